The van der Waals surface area contributed by atoms with Crippen LogP contribution in [0.1, 0.15) is 26.5 Å². The number of benzene rings is 2. The van der Waals surface area contributed by atoms with Crippen molar-refractivity contribution >= 4 is 17.5 Å². The van der Waals surface area contributed by atoms with Gasteiger partial charge < -0.3 is 14.6 Å². The summed E-state index contributed by atoms with van der Waals surface area (Å²) in [5, 5.41) is 2.73. The molecule has 0 atom stereocenters. The number of hydrogen-bond acceptors (Lipinski definition) is 3. The molecule has 2 amide bonds. The number of amides is 2. The molecule has 0 aliphatic carbocycles. The van der Waals surface area contributed by atoms with Crippen molar-refractivity contribution in [2.45, 2.75) is 6.54 Å². The lowest BCUT2D eigenvalue weighted by Gasteiger charge is -2.21. The second kappa shape index (κ2) is 8.67. The van der Waals surface area contributed by atoms with E-state index >= 15 is 0 Å². The van der Waals surface area contributed by atoms with Gasteiger partial charge in [-0.25, -0.2) is 0 Å². The third-order valence-corrected chi connectivity index (χ3v) is 3.99. The highest BCUT2D eigenvalue weighted by atomic mass is 16.3. The van der Waals surface area contributed by atoms with Gasteiger partial charge in [0, 0.05) is 24.3 Å². The summed E-state index contributed by atoms with van der Waals surface area (Å²) in [6.07, 6.45) is 3.15. The maximum Gasteiger partial charge on any atom is 0.291 e. The van der Waals surface area contributed by atoms with Crippen molar-refractivity contribution in [2.75, 3.05) is 11.9 Å². The number of rotatable bonds is 7. The monoisotopic (exact) mass is 360 g/mol. The van der Waals surface area contributed by atoms with Crippen LogP contribution in [0.3, 0.4) is 0 Å². The Hall–Kier alpha value is -3.60. The second-order valence-corrected chi connectivity index (χ2v) is 5.97. The Balaban J connectivity index is 1.69. The van der Waals surface area contributed by atoms with Crippen molar-refractivity contribution in [3.05, 3.63) is 103 Å². The fraction of sp³-hybridized carbons (Fsp3) is 0.0909. The van der Waals surface area contributed by atoms with E-state index in [1.165, 1.54) is 6.26 Å². The Bertz CT molecular complexity index is 901. The summed E-state index contributed by atoms with van der Waals surface area (Å²) in [5.41, 5.74) is 2.19. The zero-order valence-electron chi connectivity index (χ0n) is 14.8. The third-order valence-electron chi connectivity index (χ3n) is 3.99. The van der Waals surface area contributed by atoms with Gasteiger partial charge in [-0.15, -0.1) is 6.58 Å². The molecule has 136 valence electrons. The van der Waals surface area contributed by atoms with E-state index in [0.29, 0.717) is 24.3 Å². The molecule has 1 N–H and O–H groups in total. The molecule has 0 saturated heterocycles. The van der Waals surface area contributed by atoms with Gasteiger partial charge in [-0.3, -0.25) is 9.59 Å². The third kappa shape index (κ3) is 4.73. The summed E-state index contributed by atoms with van der Waals surface area (Å²) in [5.74, 6) is -0.200. The molecule has 0 saturated carbocycles. The van der Waals surface area contributed by atoms with E-state index in [9.17, 15) is 9.59 Å². The van der Waals surface area contributed by atoms with Crippen molar-refractivity contribution in [1.82, 2.24) is 4.90 Å². The van der Waals surface area contributed by atoms with E-state index in [-0.39, 0.29) is 17.6 Å². The SMILES string of the molecule is C=CCN(Cc1ccccc1)C(=O)c1ccc(NC(=O)c2ccco2)cc1. The Morgan fingerprint density at radius 3 is 2.37 bits per heavy atom. The van der Waals surface area contributed by atoms with Crippen molar-refractivity contribution < 1.29 is 14.0 Å². The van der Waals surface area contributed by atoms with E-state index in [1.807, 2.05) is 30.3 Å². The van der Waals surface area contributed by atoms with E-state index in [0.717, 1.165) is 5.56 Å². The van der Waals surface area contributed by atoms with Gasteiger partial charge in [-0.2, -0.15) is 0 Å². The summed E-state index contributed by atoms with van der Waals surface area (Å²) in [7, 11) is 0. The van der Waals surface area contributed by atoms with Gasteiger partial charge in [0.25, 0.3) is 11.8 Å². The predicted octanol–water partition coefficient (Wildman–Crippen LogP) is 4.36. The number of hydrogen-bond donors (Lipinski definition) is 1. The van der Waals surface area contributed by atoms with Crippen molar-refractivity contribution in [2.24, 2.45) is 0 Å². The Kier molecular flexibility index (Phi) is 5.84. The van der Waals surface area contributed by atoms with E-state index in [4.69, 9.17) is 4.42 Å². The molecule has 0 aliphatic rings. The average Bonchev–Trinajstić information content (AvgIpc) is 3.24. The van der Waals surface area contributed by atoms with Gasteiger partial charge in [0.05, 0.1) is 6.26 Å². The van der Waals surface area contributed by atoms with E-state index < -0.39 is 0 Å². The van der Waals surface area contributed by atoms with Crippen LogP contribution in [0.4, 0.5) is 5.69 Å². The minimum absolute atomic E-state index is 0.0948. The molecule has 1 aromatic heterocycles. The van der Waals surface area contributed by atoms with Crippen LogP contribution in [0.2, 0.25) is 0 Å². The molecule has 0 aliphatic heterocycles. The van der Waals surface area contributed by atoms with Crippen LogP contribution < -0.4 is 5.32 Å². The Morgan fingerprint density at radius 1 is 1.00 bits per heavy atom. The fourth-order valence-electron chi connectivity index (χ4n) is 2.66. The Labute approximate surface area is 157 Å². The smallest absolute Gasteiger partial charge is 0.291 e. The van der Waals surface area contributed by atoms with Crippen LogP contribution in [0.25, 0.3) is 0 Å². The molecule has 5 nitrogen and oxygen atoms in total. The van der Waals surface area contributed by atoms with Crippen LogP contribution in [-0.2, 0) is 6.54 Å². The molecule has 3 rings (SSSR count). The van der Waals surface area contributed by atoms with Crippen LogP contribution in [0.15, 0.2) is 90.1 Å². The second-order valence-electron chi connectivity index (χ2n) is 5.97. The topological polar surface area (TPSA) is 62.6 Å². The average molecular weight is 360 g/mol. The predicted molar refractivity (Wildman–Crippen MR) is 104 cm³/mol. The molecule has 27 heavy (non-hydrogen) atoms. The fourth-order valence-corrected chi connectivity index (χ4v) is 2.66. The molecule has 2 aromatic carbocycles. The zero-order chi connectivity index (χ0) is 19.1. The molecular weight excluding hydrogens is 340 g/mol. The molecule has 5 heteroatoms. The summed E-state index contributed by atoms with van der Waals surface area (Å²) in [6, 6.07) is 19.8. The standard InChI is InChI=1S/C22H20N2O3/c1-2-14-24(16-17-7-4-3-5-8-17)22(26)18-10-12-19(13-11-18)23-21(25)20-9-6-15-27-20/h2-13,15H,1,14,16H2,(H,23,25). The lowest BCUT2D eigenvalue weighted by atomic mass is 10.1. The molecular formula is C22H20N2O3. The van der Waals surface area contributed by atoms with Gasteiger partial charge >= 0.3 is 0 Å². The largest absolute Gasteiger partial charge is 0.459 e. The summed E-state index contributed by atoms with van der Waals surface area (Å²) in [6.45, 7) is 4.69. The highest BCUT2D eigenvalue weighted by molar-refractivity contribution is 6.02. The van der Waals surface area contributed by atoms with Gasteiger partial charge in [0.15, 0.2) is 5.76 Å². The quantitative estimate of drug-likeness (QED) is 0.637. The van der Waals surface area contributed by atoms with Crippen LogP contribution in [0.5, 0.6) is 0 Å². The zero-order valence-corrected chi connectivity index (χ0v) is 14.8. The number of furan rings is 1. The maximum absolute atomic E-state index is 12.8. The first-order chi connectivity index (χ1) is 13.2. The van der Waals surface area contributed by atoms with Gasteiger partial charge in [0.2, 0.25) is 0 Å². The number of anilines is 1. The minimum atomic E-state index is -0.337. The van der Waals surface area contributed by atoms with Crippen LogP contribution in [0, 0.1) is 0 Å². The summed E-state index contributed by atoms with van der Waals surface area (Å²) < 4.78 is 5.06. The highest BCUT2D eigenvalue weighted by Gasteiger charge is 2.15. The summed E-state index contributed by atoms with van der Waals surface area (Å²) >= 11 is 0. The molecule has 1 heterocycles. The normalized spacial score (nSPS) is 10.2. The number of carbonyl (C=O) groups is 2. The van der Waals surface area contributed by atoms with Gasteiger partial charge in [-0.05, 0) is 42.0 Å². The first-order valence-corrected chi connectivity index (χ1v) is 8.56. The lowest BCUT2D eigenvalue weighted by molar-refractivity contribution is 0.0762. The van der Waals surface area contributed by atoms with Gasteiger partial charge in [0.1, 0.15) is 0 Å². The molecule has 3 aromatic rings. The number of nitrogens with zero attached hydrogens (tertiary/aromatic N) is 1. The first-order valence-electron chi connectivity index (χ1n) is 8.56. The van der Waals surface area contributed by atoms with Crippen molar-refractivity contribution in [1.29, 1.82) is 0 Å². The van der Waals surface area contributed by atoms with E-state index in [1.54, 1.807) is 47.4 Å². The van der Waals surface area contributed by atoms with Gasteiger partial charge in [-0.1, -0.05) is 36.4 Å². The molecule has 0 fully saturated rings. The summed E-state index contributed by atoms with van der Waals surface area (Å²) in [4.78, 5) is 26.6. The molecule has 0 unspecified atom stereocenters. The minimum Gasteiger partial charge on any atom is -0.459 e. The Morgan fingerprint density at radius 2 is 1.74 bits per heavy atom. The molecule has 0 radical (unpaired) electrons. The highest BCUT2D eigenvalue weighted by Crippen LogP contribution is 2.15. The molecule has 0 bridgehead atoms. The van der Waals surface area contributed by atoms with E-state index in [2.05, 4.69) is 11.9 Å². The lowest BCUT2D eigenvalue weighted by Crippen LogP contribution is -2.30. The van der Waals surface area contributed by atoms with Crippen molar-refractivity contribution in [3.8, 4) is 0 Å². The number of carbonyl (C=O) groups excluding carboxylic acids is 2. The first kappa shape index (κ1) is 18.2. The van der Waals surface area contributed by atoms with Crippen LogP contribution in [-0.4, -0.2) is 23.3 Å². The van der Waals surface area contributed by atoms with Crippen LogP contribution >= 0.6 is 0 Å². The maximum atomic E-state index is 12.8. The number of nitrogens with one attached hydrogen (secondary N) is 1. The van der Waals surface area contributed by atoms with Crippen molar-refractivity contribution in [3.63, 3.8) is 0 Å². The molecule has 0 spiro atoms.